The fraction of sp³-hybridized carbons (Fsp3) is 0.409. The lowest BCUT2D eigenvalue weighted by Gasteiger charge is -2.29. The third-order valence-electron chi connectivity index (χ3n) is 5.03. The number of nitrogens with one attached hydrogen (secondary N) is 1. The number of rotatable bonds is 7. The number of anilines is 1. The normalized spacial score (nSPS) is 14.8. The van der Waals surface area contributed by atoms with E-state index in [1.165, 1.54) is 4.31 Å². The summed E-state index contributed by atoms with van der Waals surface area (Å²) < 4.78 is 32.2. The van der Waals surface area contributed by atoms with Gasteiger partial charge in [-0.25, -0.2) is 8.42 Å². The van der Waals surface area contributed by atoms with Crippen LogP contribution in [0.3, 0.4) is 0 Å². The van der Waals surface area contributed by atoms with Crippen LogP contribution in [0, 0.1) is 0 Å². The molecule has 0 fully saturated rings. The number of hydrogen-bond donors (Lipinski definition) is 1. The van der Waals surface area contributed by atoms with Gasteiger partial charge in [0, 0.05) is 23.8 Å². The van der Waals surface area contributed by atoms with Gasteiger partial charge in [-0.2, -0.15) is 4.31 Å². The molecule has 162 valence electrons. The summed E-state index contributed by atoms with van der Waals surface area (Å²) in [6, 6.07) is 12.5. The monoisotopic (exact) mass is 450 g/mol. The molecule has 1 aliphatic rings. The number of nitrogens with zero attached hydrogens (tertiary/aromatic N) is 1. The van der Waals surface area contributed by atoms with Crippen LogP contribution in [0.2, 0.25) is 5.02 Å². The molecular formula is C22H27ClN2O4S. The van der Waals surface area contributed by atoms with E-state index in [-0.39, 0.29) is 11.7 Å². The highest BCUT2D eigenvalue weighted by atomic mass is 35.5. The summed E-state index contributed by atoms with van der Waals surface area (Å²) in [5, 5.41) is 3.48. The van der Waals surface area contributed by atoms with E-state index in [0.717, 1.165) is 11.1 Å². The maximum Gasteiger partial charge on any atom is 0.267 e. The molecule has 3 rings (SSSR count). The van der Waals surface area contributed by atoms with Crippen molar-refractivity contribution < 1.29 is 17.9 Å². The van der Waals surface area contributed by atoms with E-state index in [1.54, 1.807) is 38.1 Å². The third kappa shape index (κ3) is 5.33. The molecule has 0 radical (unpaired) electrons. The van der Waals surface area contributed by atoms with Crippen LogP contribution in [0.25, 0.3) is 0 Å². The minimum atomic E-state index is -3.26. The smallest absolute Gasteiger partial charge is 0.267 e. The molecule has 0 bridgehead atoms. The number of hydrogen-bond acceptors (Lipinski definition) is 4. The Morgan fingerprint density at radius 2 is 1.87 bits per heavy atom. The van der Waals surface area contributed by atoms with Crippen LogP contribution in [0.5, 0.6) is 5.75 Å². The zero-order chi connectivity index (χ0) is 21.9. The van der Waals surface area contributed by atoms with Gasteiger partial charge < -0.3 is 10.1 Å². The molecule has 1 aliphatic heterocycles. The summed E-state index contributed by atoms with van der Waals surface area (Å²) in [5.74, 6) is 0.389. The largest absolute Gasteiger partial charge is 0.478 e. The van der Waals surface area contributed by atoms with Crippen LogP contribution < -0.4 is 10.1 Å². The van der Waals surface area contributed by atoms with E-state index in [1.807, 2.05) is 25.1 Å². The first kappa shape index (κ1) is 22.6. The topological polar surface area (TPSA) is 75.7 Å². The second-order valence-electron chi connectivity index (χ2n) is 7.90. The van der Waals surface area contributed by atoms with E-state index in [2.05, 4.69) is 5.32 Å². The van der Waals surface area contributed by atoms with Crippen LogP contribution in [0.1, 0.15) is 38.3 Å². The second-order valence-corrected chi connectivity index (χ2v) is 10.4. The SMILES string of the molecule is CCCS(=O)(=O)N1CCc2ccc(NC(=O)C(C)(C)Oc3ccc(Cl)cc3)cc2C1. The summed E-state index contributed by atoms with van der Waals surface area (Å²) in [4.78, 5) is 12.8. The first-order valence-electron chi connectivity index (χ1n) is 9.96. The Kier molecular flexibility index (Phi) is 6.75. The van der Waals surface area contributed by atoms with Crippen molar-refractivity contribution in [3.05, 3.63) is 58.6 Å². The van der Waals surface area contributed by atoms with Gasteiger partial charge in [-0.1, -0.05) is 24.6 Å². The van der Waals surface area contributed by atoms with Crippen molar-refractivity contribution in [3.63, 3.8) is 0 Å². The molecule has 0 atom stereocenters. The fourth-order valence-electron chi connectivity index (χ4n) is 3.36. The zero-order valence-corrected chi connectivity index (χ0v) is 19.0. The Morgan fingerprint density at radius 3 is 2.53 bits per heavy atom. The molecule has 2 aromatic rings. The molecule has 0 saturated heterocycles. The van der Waals surface area contributed by atoms with Crippen LogP contribution in [0.15, 0.2) is 42.5 Å². The van der Waals surface area contributed by atoms with E-state index in [4.69, 9.17) is 16.3 Å². The van der Waals surface area contributed by atoms with Crippen molar-refractivity contribution in [1.82, 2.24) is 4.31 Å². The molecule has 1 amide bonds. The molecule has 6 nitrogen and oxygen atoms in total. The van der Waals surface area contributed by atoms with Crippen molar-refractivity contribution in [3.8, 4) is 5.75 Å². The first-order valence-corrected chi connectivity index (χ1v) is 11.9. The van der Waals surface area contributed by atoms with Crippen LogP contribution >= 0.6 is 11.6 Å². The van der Waals surface area contributed by atoms with Crippen molar-refractivity contribution in [1.29, 1.82) is 0 Å². The Morgan fingerprint density at radius 1 is 1.17 bits per heavy atom. The molecule has 0 unspecified atom stereocenters. The fourth-order valence-corrected chi connectivity index (χ4v) is 4.96. The molecule has 0 saturated carbocycles. The van der Waals surface area contributed by atoms with Gasteiger partial charge in [-0.05, 0) is 74.2 Å². The van der Waals surface area contributed by atoms with E-state index >= 15 is 0 Å². The average molecular weight is 451 g/mol. The highest BCUT2D eigenvalue weighted by Crippen LogP contribution is 2.26. The first-order chi connectivity index (χ1) is 14.1. The van der Waals surface area contributed by atoms with Gasteiger partial charge in [-0.3, -0.25) is 4.79 Å². The lowest BCUT2D eigenvalue weighted by molar-refractivity contribution is -0.128. The number of sulfonamides is 1. The summed E-state index contributed by atoms with van der Waals surface area (Å²) in [6.07, 6.45) is 1.25. The van der Waals surface area contributed by atoms with Gasteiger partial charge in [-0.15, -0.1) is 0 Å². The number of benzene rings is 2. The highest BCUT2D eigenvalue weighted by Gasteiger charge is 2.31. The summed E-state index contributed by atoms with van der Waals surface area (Å²) >= 11 is 5.89. The standard InChI is InChI=1S/C22H27ClN2O4S/c1-4-13-30(27,28)25-12-11-16-5-8-19(14-17(16)15-25)24-21(26)22(2,3)29-20-9-6-18(23)7-10-20/h5-10,14H,4,11-13,15H2,1-3H3,(H,24,26). The number of halogens is 1. The lowest BCUT2D eigenvalue weighted by Crippen LogP contribution is -2.42. The van der Waals surface area contributed by atoms with Gasteiger partial charge in [0.15, 0.2) is 5.60 Å². The molecule has 2 aromatic carbocycles. The summed E-state index contributed by atoms with van der Waals surface area (Å²) in [6.45, 7) is 6.05. The molecule has 0 aliphatic carbocycles. The van der Waals surface area contributed by atoms with Gasteiger partial charge in [0.25, 0.3) is 5.91 Å². The van der Waals surface area contributed by atoms with Gasteiger partial charge in [0.1, 0.15) is 5.75 Å². The maximum absolute atomic E-state index is 12.8. The average Bonchev–Trinajstić information content (AvgIpc) is 2.69. The second kappa shape index (κ2) is 8.96. The molecular weight excluding hydrogens is 424 g/mol. The predicted molar refractivity (Wildman–Crippen MR) is 119 cm³/mol. The Labute approximate surface area is 183 Å². The Balaban J connectivity index is 1.71. The quantitative estimate of drug-likeness (QED) is 0.684. The molecule has 30 heavy (non-hydrogen) atoms. The summed E-state index contributed by atoms with van der Waals surface area (Å²) in [7, 11) is -3.26. The Hall–Kier alpha value is -2.09. The van der Waals surface area contributed by atoms with Crippen molar-refractivity contribution in [2.24, 2.45) is 0 Å². The Bertz CT molecular complexity index is 1020. The van der Waals surface area contributed by atoms with Gasteiger partial charge in [0.05, 0.1) is 5.75 Å². The molecule has 1 N–H and O–H groups in total. The van der Waals surface area contributed by atoms with Crippen LogP contribution in [-0.4, -0.2) is 36.5 Å². The van der Waals surface area contributed by atoms with Crippen molar-refractivity contribution in [2.75, 3.05) is 17.6 Å². The third-order valence-corrected chi connectivity index (χ3v) is 7.30. The van der Waals surface area contributed by atoms with E-state index in [0.29, 0.717) is 42.4 Å². The maximum atomic E-state index is 12.8. The molecule has 8 heteroatoms. The minimum absolute atomic E-state index is 0.148. The van der Waals surface area contributed by atoms with Gasteiger partial charge in [0.2, 0.25) is 10.0 Å². The number of ether oxygens (including phenoxy) is 1. The molecule has 0 aromatic heterocycles. The van der Waals surface area contributed by atoms with Crippen molar-refractivity contribution >= 4 is 33.2 Å². The lowest BCUT2D eigenvalue weighted by atomic mass is 10.00. The van der Waals surface area contributed by atoms with Crippen molar-refractivity contribution in [2.45, 2.75) is 45.8 Å². The minimum Gasteiger partial charge on any atom is -0.478 e. The zero-order valence-electron chi connectivity index (χ0n) is 17.4. The molecule has 1 heterocycles. The number of carbonyl (C=O) groups is 1. The predicted octanol–water partition coefficient (Wildman–Crippen LogP) is 4.23. The van der Waals surface area contributed by atoms with E-state index < -0.39 is 15.6 Å². The number of fused-ring (bicyclic) bond motifs is 1. The molecule has 0 spiro atoms. The van der Waals surface area contributed by atoms with Crippen LogP contribution in [-0.2, 0) is 27.8 Å². The van der Waals surface area contributed by atoms with Gasteiger partial charge >= 0.3 is 0 Å². The van der Waals surface area contributed by atoms with E-state index in [9.17, 15) is 13.2 Å². The summed E-state index contributed by atoms with van der Waals surface area (Å²) in [5.41, 5.74) is 1.52. The highest BCUT2D eigenvalue weighted by molar-refractivity contribution is 7.89. The number of amides is 1. The van der Waals surface area contributed by atoms with Crippen LogP contribution in [0.4, 0.5) is 5.69 Å². The number of carbonyl (C=O) groups excluding carboxylic acids is 1.